The second kappa shape index (κ2) is 3.93. The highest BCUT2D eigenvalue weighted by molar-refractivity contribution is 7.84. The molecule has 0 fully saturated rings. The minimum absolute atomic E-state index is 0.343. The maximum absolute atomic E-state index is 11.1. The molecule has 0 aliphatic carbocycles. The van der Waals surface area contributed by atoms with Crippen molar-refractivity contribution in [1.29, 1.82) is 0 Å². The predicted octanol–water partition coefficient (Wildman–Crippen LogP) is 1.34. The van der Waals surface area contributed by atoms with Crippen LogP contribution in [0.1, 0.15) is 0 Å². The molecule has 0 radical (unpaired) electrons. The van der Waals surface area contributed by atoms with Crippen LogP contribution in [-0.4, -0.2) is 25.4 Å². The van der Waals surface area contributed by atoms with Gasteiger partial charge in [0, 0.05) is 17.8 Å². The quantitative estimate of drug-likeness (QED) is 0.724. The molecule has 72 valence electrons. The molecule has 2 rings (SSSR count). The van der Waals surface area contributed by atoms with Crippen LogP contribution in [0.15, 0.2) is 28.3 Å². The third-order valence-corrected chi connectivity index (χ3v) is 2.88. The molecule has 2 heterocycles. The molecule has 14 heavy (non-hydrogen) atoms. The Balaban J connectivity index is 2.46. The molecule has 2 aromatic heterocycles. The van der Waals surface area contributed by atoms with Gasteiger partial charge in [-0.25, -0.2) is 15.0 Å². The molecule has 4 nitrogen and oxygen atoms in total. The van der Waals surface area contributed by atoms with Gasteiger partial charge in [0.2, 0.25) is 5.16 Å². The fourth-order valence-corrected chi connectivity index (χ4v) is 1.94. The zero-order chi connectivity index (χ0) is 9.97. The highest BCUT2D eigenvalue weighted by atomic mass is 32.2. The topological polar surface area (TPSA) is 55.7 Å². The molecule has 0 aliphatic rings. The molecule has 6 heteroatoms. The first-order valence-electron chi connectivity index (χ1n) is 3.82. The van der Waals surface area contributed by atoms with Crippen LogP contribution >= 0.6 is 11.3 Å². The largest absolute Gasteiger partial charge is 0.251 e. The van der Waals surface area contributed by atoms with Crippen molar-refractivity contribution < 1.29 is 4.21 Å². The first-order valence-corrected chi connectivity index (χ1v) is 6.32. The van der Waals surface area contributed by atoms with E-state index < -0.39 is 10.8 Å². The fourth-order valence-electron chi connectivity index (χ4n) is 0.961. The lowest BCUT2D eigenvalue weighted by molar-refractivity contribution is 0.680. The van der Waals surface area contributed by atoms with Gasteiger partial charge in [-0.1, -0.05) is 0 Å². The van der Waals surface area contributed by atoms with E-state index in [1.165, 1.54) is 11.3 Å². The van der Waals surface area contributed by atoms with Crippen LogP contribution < -0.4 is 0 Å². The molecule has 2 aromatic rings. The fraction of sp³-hybridized carbons (Fsp3) is 0.125. The van der Waals surface area contributed by atoms with E-state index in [0.717, 1.165) is 5.69 Å². The van der Waals surface area contributed by atoms with E-state index >= 15 is 0 Å². The summed E-state index contributed by atoms with van der Waals surface area (Å²) < 4.78 is 11.1. The molecule has 0 bridgehead atoms. The Kier molecular flexibility index (Phi) is 2.64. The van der Waals surface area contributed by atoms with Crippen molar-refractivity contribution in [2.45, 2.75) is 5.16 Å². The van der Waals surface area contributed by atoms with Crippen molar-refractivity contribution in [1.82, 2.24) is 15.0 Å². The van der Waals surface area contributed by atoms with Crippen molar-refractivity contribution in [3.8, 4) is 11.4 Å². The molecule has 0 saturated heterocycles. The van der Waals surface area contributed by atoms with Gasteiger partial charge in [-0.2, -0.15) is 0 Å². The smallest absolute Gasteiger partial charge is 0.218 e. The maximum Gasteiger partial charge on any atom is 0.218 e. The molecular weight excluding hydrogens is 218 g/mol. The van der Waals surface area contributed by atoms with E-state index in [1.807, 2.05) is 5.38 Å². The van der Waals surface area contributed by atoms with Crippen LogP contribution in [0.2, 0.25) is 0 Å². The summed E-state index contributed by atoms with van der Waals surface area (Å²) in [7, 11) is -1.15. The summed E-state index contributed by atoms with van der Waals surface area (Å²) in [6.45, 7) is 0. The summed E-state index contributed by atoms with van der Waals surface area (Å²) in [5.41, 5.74) is 3.25. The standard InChI is InChI=1S/C8H7N3OS2/c1-14(12)8-9-3-2-6(11-8)7-4-13-5-10-7/h2-5H,1H3. The van der Waals surface area contributed by atoms with Gasteiger partial charge in [0.05, 0.1) is 27.7 Å². The van der Waals surface area contributed by atoms with Crippen LogP contribution in [0.3, 0.4) is 0 Å². The first-order chi connectivity index (χ1) is 6.77. The number of hydrogen-bond donors (Lipinski definition) is 0. The zero-order valence-corrected chi connectivity index (χ0v) is 9.01. The van der Waals surface area contributed by atoms with E-state index in [9.17, 15) is 4.21 Å². The molecule has 0 aliphatic heterocycles. The van der Waals surface area contributed by atoms with Crippen molar-refractivity contribution in [3.05, 3.63) is 23.2 Å². The third-order valence-electron chi connectivity index (χ3n) is 1.59. The summed E-state index contributed by atoms with van der Waals surface area (Å²) in [5.74, 6) is 0. The lowest BCUT2D eigenvalue weighted by Gasteiger charge is -1.97. The molecule has 0 N–H and O–H groups in total. The minimum Gasteiger partial charge on any atom is -0.251 e. The van der Waals surface area contributed by atoms with Crippen LogP contribution in [0.4, 0.5) is 0 Å². The Morgan fingerprint density at radius 1 is 1.36 bits per heavy atom. The summed E-state index contributed by atoms with van der Waals surface area (Å²) in [6, 6.07) is 1.76. The number of thiazole rings is 1. The summed E-state index contributed by atoms with van der Waals surface area (Å²) in [6.07, 6.45) is 3.15. The van der Waals surface area contributed by atoms with E-state index in [-0.39, 0.29) is 0 Å². The van der Waals surface area contributed by atoms with Crippen LogP contribution in [0, 0.1) is 0 Å². The number of aromatic nitrogens is 3. The lowest BCUT2D eigenvalue weighted by Crippen LogP contribution is -1.97. The SMILES string of the molecule is CS(=O)c1nccc(-c2cscn2)n1. The molecule has 0 saturated carbocycles. The highest BCUT2D eigenvalue weighted by Crippen LogP contribution is 2.16. The van der Waals surface area contributed by atoms with Gasteiger partial charge in [0.25, 0.3) is 0 Å². The lowest BCUT2D eigenvalue weighted by atomic mass is 10.3. The van der Waals surface area contributed by atoms with Gasteiger partial charge in [-0.05, 0) is 6.07 Å². The molecule has 0 aromatic carbocycles. The van der Waals surface area contributed by atoms with E-state index in [0.29, 0.717) is 10.9 Å². The minimum atomic E-state index is -1.15. The zero-order valence-electron chi connectivity index (χ0n) is 7.38. The maximum atomic E-state index is 11.1. The van der Waals surface area contributed by atoms with Crippen LogP contribution in [0.25, 0.3) is 11.4 Å². The van der Waals surface area contributed by atoms with Gasteiger partial charge in [0.15, 0.2) is 0 Å². The number of rotatable bonds is 2. The Hall–Kier alpha value is -1.14. The Labute approximate surface area is 87.5 Å². The first kappa shape index (κ1) is 9.42. The van der Waals surface area contributed by atoms with Crippen molar-refractivity contribution in [3.63, 3.8) is 0 Å². The van der Waals surface area contributed by atoms with E-state index in [1.54, 1.807) is 24.0 Å². The molecular formula is C8H7N3OS2. The third kappa shape index (κ3) is 1.85. The second-order valence-electron chi connectivity index (χ2n) is 2.55. The van der Waals surface area contributed by atoms with Crippen LogP contribution in [0.5, 0.6) is 0 Å². The summed E-state index contributed by atoms with van der Waals surface area (Å²) in [4.78, 5) is 12.2. The van der Waals surface area contributed by atoms with Crippen LogP contribution in [-0.2, 0) is 10.8 Å². The Morgan fingerprint density at radius 3 is 2.86 bits per heavy atom. The van der Waals surface area contributed by atoms with Gasteiger partial charge in [-0.15, -0.1) is 11.3 Å². The van der Waals surface area contributed by atoms with Gasteiger partial charge < -0.3 is 0 Å². The molecule has 0 spiro atoms. The Morgan fingerprint density at radius 2 is 2.21 bits per heavy atom. The van der Waals surface area contributed by atoms with E-state index in [4.69, 9.17) is 0 Å². The molecule has 0 amide bonds. The predicted molar refractivity (Wildman–Crippen MR) is 55.5 cm³/mol. The normalized spacial score (nSPS) is 12.6. The van der Waals surface area contributed by atoms with Gasteiger partial charge in [0.1, 0.15) is 0 Å². The van der Waals surface area contributed by atoms with Crippen molar-refractivity contribution in [2.75, 3.05) is 6.26 Å². The average molecular weight is 225 g/mol. The number of nitrogens with zero attached hydrogens (tertiary/aromatic N) is 3. The number of hydrogen-bond acceptors (Lipinski definition) is 5. The summed E-state index contributed by atoms with van der Waals surface area (Å²) in [5, 5.41) is 2.24. The van der Waals surface area contributed by atoms with E-state index in [2.05, 4.69) is 15.0 Å². The average Bonchev–Trinajstić information content (AvgIpc) is 2.71. The Bertz CT molecular complexity index is 455. The van der Waals surface area contributed by atoms with Gasteiger partial charge in [-0.3, -0.25) is 4.21 Å². The van der Waals surface area contributed by atoms with Crippen molar-refractivity contribution >= 4 is 22.1 Å². The second-order valence-corrected chi connectivity index (χ2v) is 4.54. The van der Waals surface area contributed by atoms with Crippen molar-refractivity contribution in [2.24, 2.45) is 0 Å². The monoisotopic (exact) mass is 225 g/mol. The summed E-state index contributed by atoms with van der Waals surface area (Å²) >= 11 is 1.50. The van der Waals surface area contributed by atoms with Gasteiger partial charge >= 0.3 is 0 Å². The molecule has 1 unspecified atom stereocenters. The highest BCUT2D eigenvalue weighted by Gasteiger charge is 2.05. The molecule has 1 atom stereocenters.